The van der Waals surface area contributed by atoms with E-state index in [9.17, 15) is 9.59 Å². The first-order valence-corrected chi connectivity index (χ1v) is 9.57. The number of hydrogen-bond donors (Lipinski definition) is 3. The lowest BCUT2D eigenvalue weighted by Crippen LogP contribution is -2.48. The lowest BCUT2D eigenvalue weighted by atomic mass is 9.65. The second-order valence-corrected chi connectivity index (χ2v) is 8.01. The Morgan fingerprint density at radius 2 is 1.58 bits per heavy atom. The summed E-state index contributed by atoms with van der Waals surface area (Å²) in [5.74, 6) is 1.12. The van der Waals surface area contributed by atoms with Crippen LogP contribution in [0, 0.1) is 17.8 Å². The van der Waals surface area contributed by atoms with Gasteiger partial charge in [0.15, 0.2) is 0 Å². The predicted octanol–water partition coefficient (Wildman–Crippen LogP) is 3.09. The number of hydrogen-bond acceptors (Lipinski definition) is 3. The lowest BCUT2D eigenvalue weighted by molar-refractivity contribution is -0.122. The quantitative estimate of drug-likeness (QED) is 0.753. The highest BCUT2D eigenvalue weighted by atomic mass is 35.5. The van der Waals surface area contributed by atoms with Gasteiger partial charge in [0.25, 0.3) is 5.91 Å². The smallest absolute Gasteiger partial charge is 0.251 e. The molecule has 0 saturated heterocycles. The summed E-state index contributed by atoms with van der Waals surface area (Å²) in [4.78, 5) is 24.7. The fourth-order valence-electron chi connectivity index (χ4n) is 4.45. The van der Waals surface area contributed by atoms with Gasteiger partial charge in [0.05, 0.1) is 0 Å². The van der Waals surface area contributed by atoms with Gasteiger partial charge in [0.1, 0.15) is 0 Å². The summed E-state index contributed by atoms with van der Waals surface area (Å²) in [6.45, 7) is 0. The van der Waals surface area contributed by atoms with Gasteiger partial charge in [-0.1, -0.05) is 6.42 Å². The number of amides is 2. The molecular formula is C20H28ClN3O2. The van der Waals surface area contributed by atoms with E-state index >= 15 is 0 Å². The van der Waals surface area contributed by atoms with Gasteiger partial charge in [-0.25, -0.2) is 0 Å². The first kappa shape index (κ1) is 19.2. The molecule has 4 N–H and O–H groups in total. The van der Waals surface area contributed by atoms with Crippen molar-refractivity contribution in [2.45, 2.75) is 57.0 Å². The number of carbonyl (C=O) groups is 2. The topological polar surface area (TPSA) is 84.2 Å². The number of nitrogens with two attached hydrogens (primary N) is 1. The van der Waals surface area contributed by atoms with E-state index < -0.39 is 0 Å². The van der Waals surface area contributed by atoms with E-state index in [0.29, 0.717) is 23.4 Å². The molecule has 3 aliphatic carbocycles. The molecule has 3 saturated carbocycles. The van der Waals surface area contributed by atoms with E-state index in [1.54, 1.807) is 12.1 Å². The average molecular weight is 378 g/mol. The highest BCUT2D eigenvalue weighted by Crippen LogP contribution is 2.42. The largest absolute Gasteiger partial charge is 0.349 e. The number of halogens is 1. The molecular weight excluding hydrogens is 350 g/mol. The van der Waals surface area contributed by atoms with Crippen LogP contribution in [0.1, 0.15) is 55.3 Å². The highest BCUT2D eigenvalue weighted by molar-refractivity contribution is 5.96. The maximum absolute atomic E-state index is 12.6. The average Bonchev–Trinajstić information content (AvgIpc) is 3.39. The van der Waals surface area contributed by atoms with E-state index in [1.807, 2.05) is 12.1 Å². The molecule has 142 valence electrons. The minimum Gasteiger partial charge on any atom is -0.349 e. The third kappa shape index (κ3) is 4.21. The van der Waals surface area contributed by atoms with Crippen LogP contribution < -0.4 is 16.4 Å². The van der Waals surface area contributed by atoms with Crippen molar-refractivity contribution in [3.63, 3.8) is 0 Å². The summed E-state index contributed by atoms with van der Waals surface area (Å²) < 4.78 is 0. The predicted molar refractivity (Wildman–Crippen MR) is 104 cm³/mol. The SMILES string of the molecule is Cl.NC1C2CCCC1CC(C(=O)Nc1ccc(C(=O)NC3CC3)cc1)C2. The maximum Gasteiger partial charge on any atom is 0.251 e. The van der Waals surface area contributed by atoms with Crippen molar-refractivity contribution >= 4 is 29.9 Å². The molecule has 0 radical (unpaired) electrons. The second kappa shape index (κ2) is 7.97. The highest BCUT2D eigenvalue weighted by Gasteiger charge is 2.40. The van der Waals surface area contributed by atoms with Gasteiger partial charge in [0.2, 0.25) is 5.91 Å². The summed E-state index contributed by atoms with van der Waals surface area (Å²) in [6, 6.07) is 7.81. The Hall–Kier alpha value is -1.59. The number of nitrogens with one attached hydrogen (secondary N) is 2. The van der Waals surface area contributed by atoms with Crippen LogP contribution in [0.2, 0.25) is 0 Å². The summed E-state index contributed by atoms with van der Waals surface area (Å²) >= 11 is 0. The molecule has 4 rings (SSSR count). The third-order valence-electron chi connectivity index (χ3n) is 6.11. The zero-order valence-corrected chi connectivity index (χ0v) is 15.8. The van der Waals surface area contributed by atoms with Gasteiger partial charge in [0, 0.05) is 29.3 Å². The molecule has 1 aromatic rings. The van der Waals surface area contributed by atoms with Crippen LogP contribution in [0.4, 0.5) is 5.69 Å². The number of rotatable bonds is 4. The zero-order valence-electron chi connectivity index (χ0n) is 14.9. The first-order chi connectivity index (χ1) is 12.1. The van der Waals surface area contributed by atoms with Crippen LogP contribution in [-0.4, -0.2) is 23.9 Å². The number of benzene rings is 1. The zero-order chi connectivity index (χ0) is 17.4. The fraction of sp³-hybridized carbons (Fsp3) is 0.600. The summed E-state index contributed by atoms with van der Waals surface area (Å²) in [5, 5.41) is 5.99. The molecule has 0 spiro atoms. The van der Waals surface area contributed by atoms with E-state index in [1.165, 1.54) is 6.42 Å². The molecule has 2 bridgehead atoms. The second-order valence-electron chi connectivity index (χ2n) is 8.01. The van der Waals surface area contributed by atoms with Crippen molar-refractivity contribution in [2.24, 2.45) is 23.5 Å². The van der Waals surface area contributed by atoms with Crippen LogP contribution in [0.25, 0.3) is 0 Å². The van der Waals surface area contributed by atoms with Crippen LogP contribution >= 0.6 is 12.4 Å². The van der Waals surface area contributed by atoms with Crippen LogP contribution in [0.15, 0.2) is 24.3 Å². The monoisotopic (exact) mass is 377 g/mol. The normalized spacial score (nSPS) is 30.0. The summed E-state index contributed by atoms with van der Waals surface area (Å²) in [5.41, 5.74) is 7.71. The number of fused-ring (bicyclic) bond motifs is 2. The molecule has 0 aliphatic heterocycles. The maximum atomic E-state index is 12.6. The molecule has 5 nitrogen and oxygen atoms in total. The summed E-state index contributed by atoms with van der Waals surface area (Å²) in [6.07, 6.45) is 7.54. The van der Waals surface area contributed by atoms with Gasteiger partial charge in [-0.15, -0.1) is 12.4 Å². The molecule has 2 atom stereocenters. The van der Waals surface area contributed by atoms with Gasteiger partial charge in [-0.05, 0) is 74.6 Å². The van der Waals surface area contributed by atoms with E-state index in [-0.39, 0.29) is 36.2 Å². The molecule has 2 unspecified atom stereocenters. The minimum absolute atomic E-state index is 0. The summed E-state index contributed by atoms with van der Waals surface area (Å²) in [7, 11) is 0. The Bertz CT molecular complexity index is 646. The van der Waals surface area contributed by atoms with Crippen LogP contribution in [-0.2, 0) is 4.79 Å². The molecule has 6 heteroatoms. The number of carbonyl (C=O) groups excluding carboxylic acids is 2. The van der Waals surface area contributed by atoms with Crippen molar-refractivity contribution in [2.75, 3.05) is 5.32 Å². The van der Waals surface area contributed by atoms with Crippen molar-refractivity contribution in [3.05, 3.63) is 29.8 Å². The minimum atomic E-state index is -0.0329. The van der Waals surface area contributed by atoms with Crippen LogP contribution in [0.3, 0.4) is 0 Å². The first-order valence-electron chi connectivity index (χ1n) is 9.57. The Morgan fingerprint density at radius 1 is 0.962 bits per heavy atom. The van der Waals surface area contributed by atoms with Crippen molar-refractivity contribution in [1.82, 2.24) is 5.32 Å². The fourth-order valence-corrected chi connectivity index (χ4v) is 4.45. The van der Waals surface area contributed by atoms with E-state index in [0.717, 1.165) is 44.2 Å². The van der Waals surface area contributed by atoms with Gasteiger partial charge >= 0.3 is 0 Å². The van der Waals surface area contributed by atoms with Gasteiger partial charge in [-0.2, -0.15) is 0 Å². The molecule has 2 amide bonds. The molecule has 26 heavy (non-hydrogen) atoms. The Labute approximate surface area is 160 Å². The molecule has 0 aromatic heterocycles. The Kier molecular flexibility index (Phi) is 5.88. The van der Waals surface area contributed by atoms with Gasteiger partial charge in [-0.3, -0.25) is 9.59 Å². The third-order valence-corrected chi connectivity index (χ3v) is 6.11. The number of anilines is 1. The van der Waals surface area contributed by atoms with Crippen LogP contribution in [0.5, 0.6) is 0 Å². The van der Waals surface area contributed by atoms with Crippen molar-refractivity contribution < 1.29 is 9.59 Å². The molecule has 3 fully saturated rings. The van der Waals surface area contributed by atoms with E-state index in [4.69, 9.17) is 5.73 Å². The van der Waals surface area contributed by atoms with Crippen molar-refractivity contribution in [1.29, 1.82) is 0 Å². The molecule has 1 aromatic carbocycles. The standard InChI is InChI=1S/C20H27N3O2.ClH/c21-18-13-2-1-3-14(18)11-15(10-13)20(25)23-16-6-4-12(5-7-16)19(24)22-17-8-9-17;/h4-7,13-15,17-18H,1-3,8-11,21H2,(H,22,24)(H,23,25);1H. The van der Waals surface area contributed by atoms with Crippen molar-refractivity contribution in [3.8, 4) is 0 Å². The lowest BCUT2D eigenvalue weighted by Gasteiger charge is -2.43. The van der Waals surface area contributed by atoms with E-state index in [2.05, 4.69) is 10.6 Å². The molecule has 0 heterocycles. The molecule has 3 aliphatic rings. The Morgan fingerprint density at radius 3 is 2.15 bits per heavy atom. The van der Waals surface area contributed by atoms with Gasteiger partial charge < -0.3 is 16.4 Å². The Balaban J connectivity index is 0.00000196.